The van der Waals surface area contributed by atoms with Crippen LogP contribution in [-0.2, 0) is 11.3 Å². The van der Waals surface area contributed by atoms with Gasteiger partial charge in [-0.2, -0.15) is 0 Å². The zero-order valence-corrected chi connectivity index (χ0v) is 10.1. The maximum Gasteiger partial charge on any atom is 0.0616 e. The molecule has 0 fully saturated rings. The second kappa shape index (κ2) is 6.83. The van der Waals surface area contributed by atoms with Gasteiger partial charge in [-0.15, -0.1) is 0 Å². The molecule has 0 saturated carbocycles. The number of nitrogens with one attached hydrogen (secondary N) is 1. The van der Waals surface area contributed by atoms with Crippen molar-refractivity contribution in [3.8, 4) is 0 Å². The van der Waals surface area contributed by atoms with Gasteiger partial charge in [0, 0.05) is 24.2 Å². The van der Waals surface area contributed by atoms with Gasteiger partial charge in [0.2, 0.25) is 0 Å². The molecule has 0 aliphatic heterocycles. The monoisotopic (exact) mass is 227 g/mol. The van der Waals surface area contributed by atoms with Gasteiger partial charge < -0.3 is 10.1 Å². The Balaban J connectivity index is 2.30. The lowest BCUT2D eigenvalue weighted by Gasteiger charge is -2.13. The molecule has 0 radical (unpaired) electrons. The largest absolute Gasteiger partial charge is 0.380 e. The van der Waals surface area contributed by atoms with Crippen molar-refractivity contribution in [1.29, 1.82) is 0 Å². The Kier molecular flexibility index (Phi) is 5.69. The summed E-state index contributed by atoms with van der Waals surface area (Å²) in [5.41, 5.74) is 1.20. The van der Waals surface area contributed by atoms with Crippen LogP contribution in [-0.4, -0.2) is 19.3 Å². The number of benzene rings is 1. The fraction of sp³-hybridized carbons (Fsp3) is 0.500. The van der Waals surface area contributed by atoms with E-state index in [1.807, 2.05) is 25.1 Å². The molecule has 0 aliphatic carbocycles. The van der Waals surface area contributed by atoms with Gasteiger partial charge in [-0.25, -0.2) is 0 Å². The molecule has 0 bridgehead atoms. The highest BCUT2D eigenvalue weighted by atomic mass is 35.5. The summed E-state index contributed by atoms with van der Waals surface area (Å²) in [6.45, 7) is 6.46. The van der Waals surface area contributed by atoms with E-state index in [0.717, 1.165) is 24.8 Å². The highest BCUT2D eigenvalue weighted by molar-refractivity contribution is 6.30. The van der Waals surface area contributed by atoms with Gasteiger partial charge in [0.15, 0.2) is 0 Å². The van der Waals surface area contributed by atoms with Crippen LogP contribution in [0.4, 0.5) is 0 Å². The maximum absolute atomic E-state index is 5.89. The van der Waals surface area contributed by atoms with Crippen LogP contribution >= 0.6 is 11.6 Å². The van der Waals surface area contributed by atoms with Crippen molar-refractivity contribution >= 4 is 11.6 Å². The normalized spacial score (nSPS) is 12.7. The Morgan fingerprint density at radius 3 is 2.93 bits per heavy atom. The average Bonchev–Trinajstić information content (AvgIpc) is 2.23. The van der Waals surface area contributed by atoms with E-state index in [4.69, 9.17) is 16.3 Å². The Hall–Kier alpha value is -0.570. The van der Waals surface area contributed by atoms with Crippen molar-refractivity contribution in [2.75, 3.05) is 13.2 Å². The van der Waals surface area contributed by atoms with Gasteiger partial charge >= 0.3 is 0 Å². The lowest BCUT2D eigenvalue weighted by molar-refractivity contribution is 0.127. The summed E-state index contributed by atoms with van der Waals surface area (Å²) < 4.78 is 5.32. The van der Waals surface area contributed by atoms with Crippen molar-refractivity contribution in [2.24, 2.45) is 0 Å². The van der Waals surface area contributed by atoms with E-state index in [2.05, 4.69) is 18.3 Å². The summed E-state index contributed by atoms with van der Waals surface area (Å²) >= 11 is 5.89. The molecule has 1 aromatic rings. The van der Waals surface area contributed by atoms with Crippen LogP contribution in [0.25, 0.3) is 0 Å². The van der Waals surface area contributed by atoms with Gasteiger partial charge in [0.1, 0.15) is 0 Å². The molecule has 15 heavy (non-hydrogen) atoms. The predicted molar refractivity (Wildman–Crippen MR) is 64.2 cm³/mol. The molecular formula is C12H18ClNO. The van der Waals surface area contributed by atoms with E-state index < -0.39 is 0 Å². The molecule has 1 atom stereocenters. The Bertz CT molecular complexity index is 291. The van der Waals surface area contributed by atoms with Crippen LogP contribution in [0, 0.1) is 0 Å². The van der Waals surface area contributed by atoms with Crippen LogP contribution in [0.1, 0.15) is 19.4 Å². The third-order valence-corrected chi connectivity index (χ3v) is 2.35. The quantitative estimate of drug-likeness (QED) is 0.807. The molecule has 0 heterocycles. The minimum absolute atomic E-state index is 0.365. The molecule has 0 saturated heterocycles. The van der Waals surface area contributed by atoms with Crippen LogP contribution in [0.15, 0.2) is 24.3 Å². The molecular weight excluding hydrogens is 210 g/mol. The fourth-order valence-corrected chi connectivity index (χ4v) is 1.51. The van der Waals surface area contributed by atoms with Crippen LogP contribution in [0.5, 0.6) is 0 Å². The molecule has 0 spiro atoms. The number of hydrogen-bond donors (Lipinski definition) is 1. The SMILES string of the molecule is CCOCC(C)NCc1cccc(Cl)c1. The van der Waals surface area contributed by atoms with Crippen LogP contribution in [0.2, 0.25) is 5.02 Å². The Morgan fingerprint density at radius 1 is 1.47 bits per heavy atom. The molecule has 2 nitrogen and oxygen atoms in total. The van der Waals surface area contributed by atoms with Gasteiger partial charge in [-0.05, 0) is 31.5 Å². The van der Waals surface area contributed by atoms with Crippen molar-refractivity contribution in [1.82, 2.24) is 5.32 Å². The first-order chi connectivity index (χ1) is 7.22. The zero-order valence-electron chi connectivity index (χ0n) is 9.29. The molecule has 0 aromatic heterocycles. The summed E-state index contributed by atoms with van der Waals surface area (Å²) in [5, 5.41) is 4.16. The summed E-state index contributed by atoms with van der Waals surface area (Å²) in [5.74, 6) is 0. The van der Waals surface area contributed by atoms with E-state index in [9.17, 15) is 0 Å². The first-order valence-electron chi connectivity index (χ1n) is 5.28. The molecule has 0 amide bonds. The summed E-state index contributed by atoms with van der Waals surface area (Å²) in [6, 6.07) is 8.25. The van der Waals surface area contributed by atoms with E-state index >= 15 is 0 Å². The highest BCUT2D eigenvalue weighted by Gasteiger charge is 2.01. The minimum Gasteiger partial charge on any atom is -0.380 e. The van der Waals surface area contributed by atoms with Crippen molar-refractivity contribution in [3.05, 3.63) is 34.9 Å². The van der Waals surface area contributed by atoms with Gasteiger partial charge in [-0.3, -0.25) is 0 Å². The van der Waals surface area contributed by atoms with E-state index in [0.29, 0.717) is 6.04 Å². The number of rotatable bonds is 6. The van der Waals surface area contributed by atoms with Crippen molar-refractivity contribution in [2.45, 2.75) is 26.4 Å². The lowest BCUT2D eigenvalue weighted by atomic mass is 10.2. The summed E-state index contributed by atoms with van der Waals surface area (Å²) in [4.78, 5) is 0. The highest BCUT2D eigenvalue weighted by Crippen LogP contribution is 2.10. The number of hydrogen-bond acceptors (Lipinski definition) is 2. The van der Waals surface area contributed by atoms with Crippen LogP contribution in [0.3, 0.4) is 0 Å². The van der Waals surface area contributed by atoms with E-state index in [-0.39, 0.29) is 0 Å². The second-order valence-corrected chi connectivity index (χ2v) is 4.01. The lowest BCUT2D eigenvalue weighted by Crippen LogP contribution is -2.30. The average molecular weight is 228 g/mol. The second-order valence-electron chi connectivity index (χ2n) is 3.57. The van der Waals surface area contributed by atoms with Crippen molar-refractivity contribution < 1.29 is 4.74 Å². The standard InChI is InChI=1S/C12H18ClNO/c1-3-15-9-10(2)14-8-11-5-4-6-12(13)7-11/h4-7,10,14H,3,8-9H2,1-2H3. The summed E-state index contributed by atoms with van der Waals surface area (Å²) in [6.07, 6.45) is 0. The van der Waals surface area contributed by atoms with Gasteiger partial charge in [0.25, 0.3) is 0 Å². The maximum atomic E-state index is 5.89. The molecule has 0 aliphatic rings. The number of halogens is 1. The van der Waals surface area contributed by atoms with Gasteiger partial charge in [0.05, 0.1) is 6.61 Å². The third kappa shape index (κ3) is 5.17. The van der Waals surface area contributed by atoms with Crippen LogP contribution < -0.4 is 5.32 Å². The minimum atomic E-state index is 0.365. The van der Waals surface area contributed by atoms with Crippen molar-refractivity contribution in [3.63, 3.8) is 0 Å². The predicted octanol–water partition coefficient (Wildman–Crippen LogP) is 2.85. The molecule has 1 rings (SSSR count). The molecule has 1 aromatic carbocycles. The van der Waals surface area contributed by atoms with Gasteiger partial charge in [-0.1, -0.05) is 23.7 Å². The zero-order chi connectivity index (χ0) is 11.1. The number of ether oxygens (including phenoxy) is 1. The molecule has 1 unspecified atom stereocenters. The fourth-order valence-electron chi connectivity index (χ4n) is 1.29. The molecule has 1 N–H and O–H groups in total. The molecule has 3 heteroatoms. The summed E-state index contributed by atoms with van der Waals surface area (Å²) in [7, 11) is 0. The van der Waals surface area contributed by atoms with E-state index in [1.54, 1.807) is 0 Å². The molecule has 84 valence electrons. The third-order valence-electron chi connectivity index (χ3n) is 2.12. The Morgan fingerprint density at radius 2 is 2.27 bits per heavy atom. The first-order valence-corrected chi connectivity index (χ1v) is 5.65. The smallest absolute Gasteiger partial charge is 0.0616 e. The Labute approximate surface area is 96.6 Å². The first kappa shape index (κ1) is 12.5. The topological polar surface area (TPSA) is 21.3 Å². The van der Waals surface area contributed by atoms with E-state index in [1.165, 1.54) is 5.56 Å².